The van der Waals surface area contributed by atoms with Gasteiger partial charge < -0.3 is 15.5 Å². The molecule has 1 aliphatic carbocycles. The van der Waals surface area contributed by atoms with E-state index in [9.17, 15) is 32.8 Å². The molecule has 0 aromatic carbocycles. The number of halogens is 3. The summed E-state index contributed by atoms with van der Waals surface area (Å²) in [5.74, 6) is -3.75. The summed E-state index contributed by atoms with van der Waals surface area (Å²) in [5.41, 5.74) is 0.242. The molecule has 1 unspecified atom stereocenters. The van der Waals surface area contributed by atoms with Gasteiger partial charge in [0, 0.05) is 12.7 Å². The molecule has 1 saturated carbocycles. The molecule has 2 heterocycles. The topological polar surface area (TPSA) is 115 Å². The zero-order valence-electron chi connectivity index (χ0n) is 18.9. The average Bonchev–Trinajstić information content (AvgIpc) is 3.15. The number of nitrogens with zero attached hydrogens (tertiary/aromatic N) is 3. The molecule has 1 saturated heterocycles. The Morgan fingerprint density at radius 2 is 1.91 bits per heavy atom. The van der Waals surface area contributed by atoms with Gasteiger partial charge in [-0.2, -0.15) is 18.4 Å². The molecule has 1 aliphatic heterocycles. The van der Waals surface area contributed by atoms with E-state index in [4.69, 9.17) is 0 Å². The van der Waals surface area contributed by atoms with Crippen molar-refractivity contribution in [3.63, 3.8) is 0 Å². The number of piperidine rings is 1. The summed E-state index contributed by atoms with van der Waals surface area (Å²) in [7, 11) is 0. The highest BCUT2D eigenvalue weighted by Gasteiger charge is 2.70. The first-order valence-electron chi connectivity index (χ1n) is 10.4. The van der Waals surface area contributed by atoms with E-state index in [1.54, 1.807) is 0 Å². The number of aromatic nitrogens is 1. The fourth-order valence-electron chi connectivity index (χ4n) is 4.60. The summed E-state index contributed by atoms with van der Waals surface area (Å²) < 4.78 is 38.7. The number of hydrogen-bond acceptors (Lipinski definition) is 6. The van der Waals surface area contributed by atoms with Gasteiger partial charge in [-0.15, -0.1) is 11.3 Å². The van der Waals surface area contributed by atoms with Gasteiger partial charge in [0.2, 0.25) is 11.8 Å². The largest absolute Gasteiger partial charge is 0.471 e. The average molecular weight is 486 g/mol. The molecule has 8 nitrogen and oxygen atoms in total. The van der Waals surface area contributed by atoms with Crippen molar-refractivity contribution in [2.75, 3.05) is 6.54 Å². The van der Waals surface area contributed by atoms with Crippen LogP contribution in [0.3, 0.4) is 0 Å². The number of likely N-dealkylation sites (tertiary alicyclic amines) is 1. The molecule has 0 radical (unpaired) electrons. The monoisotopic (exact) mass is 485 g/mol. The van der Waals surface area contributed by atoms with Crippen molar-refractivity contribution in [1.82, 2.24) is 20.5 Å². The van der Waals surface area contributed by atoms with Crippen molar-refractivity contribution < 1.29 is 27.6 Å². The van der Waals surface area contributed by atoms with Crippen LogP contribution in [0.2, 0.25) is 0 Å². The molecular weight excluding hydrogens is 459 g/mol. The van der Waals surface area contributed by atoms with Crippen molar-refractivity contribution in [2.24, 2.45) is 22.7 Å². The highest BCUT2D eigenvalue weighted by Crippen LogP contribution is 2.65. The summed E-state index contributed by atoms with van der Waals surface area (Å²) >= 11 is 1.19. The van der Waals surface area contributed by atoms with Gasteiger partial charge in [-0.1, -0.05) is 34.6 Å². The number of carbonyl (C=O) groups excluding carboxylic acids is 3. The summed E-state index contributed by atoms with van der Waals surface area (Å²) in [6, 6.07) is -1.43. The highest BCUT2D eigenvalue weighted by molar-refractivity contribution is 7.09. The van der Waals surface area contributed by atoms with Crippen LogP contribution in [0.4, 0.5) is 13.2 Å². The second-order valence-electron chi connectivity index (χ2n) is 10.1. The van der Waals surface area contributed by atoms with Gasteiger partial charge in [-0.25, -0.2) is 0 Å². The van der Waals surface area contributed by atoms with Crippen LogP contribution >= 0.6 is 11.3 Å². The molecular formula is C21H26F3N5O3S. The van der Waals surface area contributed by atoms with E-state index in [0.717, 1.165) is 0 Å². The van der Waals surface area contributed by atoms with E-state index >= 15 is 0 Å². The van der Waals surface area contributed by atoms with Crippen molar-refractivity contribution in [3.05, 3.63) is 16.6 Å². The number of nitriles is 1. The normalized spacial score (nSPS) is 25.4. The Kier molecular flexibility index (Phi) is 6.25. The van der Waals surface area contributed by atoms with Crippen molar-refractivity contribution in [2.45, 2.75) is 58.9 Å². The number of carbonyl (C=O) groups is 3. The van der Waals surface area contributed by atoms with E-state index in [0.29, 0.717) is 4.88 Å². The van der Waals surface area contributed by atoms with Gasteiger partial charge in [0.25, 0.3) is 0 Å². The summed E-state index contributed by atoms with van der Waals surface area (Å²) in [5, 5.41) is 13.9. The molecule has 0 bridgehead atoms. The molecule has 5 atom stereocenters. The predicted molar refractivity (Wildman–Crippen MR) is 112 cm³/mol. The molecule has 2 fully saturated rings. The van der Waals surface area contributed by atoms with Crippen LogP contribution in [0.5, 0.6) is 0 Å². The van der Waals surface area contributed by atoms with Crippen molar-refractivity contribution in [3.8, 4) is 6.07 Å². The maximum absolute atomic E-state index is 13.4. The lowest BCUT2D eigenvalue weighted by atomic mass is 9.85. The number of alkyl halides is 3. The van der Waals surface area contributed by atoms with Crippen LogP contribution in [0.1, 0.15) is 45.5 Å². The lowest BCUT2D eigenvalue weighted by Crippen LogP contribution is -2.60. The summed E-state index contributed by atoms with van der Waals surface area (Å²) in [4.78, 5) is 44.0. The third-order valence-corrected chi connectivity index (χ3v) is 7.40. The smallest absolute Gasteiger partial charge is 0.336 e. The maximum atomic E-state index is 13.4. The van der Waals surface area contributed by atoms with Crippen LogP contribution in [0.15, 0.2) is 11.7 Å². The molecule has 33 heavy (non-hydrogen) atoms. The van der Waals surface area contributed by atoms with E-state index in [2.05, 4.69) is 10.3 Å². The Morgan fingerprint density at radius 1 is 1.27 bits per heavy atom. The number of fused-ring (bicyclic) bond motifs is 1. The van der Waals surface area contributed by atoms with Crippen LogP contribution in [0, 0.1) is 34.0 Å². The van der Waals surface area contributed by atoms with Gasteiger partial charge in [-0.05, 0) is 22.7 Å². The van der Waals surface area contributed by atoms with Crippen molar-refractivity contribution >= 4 is 29.1 Å². The number of thiazole rings is 1. The molecule has 3 rings (SSSR count). The first-order chi connectivity index (χ1) is 15.1. The minimum absolute atomic E-state index is 0.0138. The van der Waals surface area contributed by atoms with Gasteiger partial charge in [0.1, 0.15) is 12.1 Å². The number of rotatable bonds is 5. The van der Waals surface area contributed by atoms with E-state index in [1.165, 1.54) is 48.7 Å². The van der Waals surface area contributed by atoms with Crippen molar-refractivity contribution in [1.29, 1.82) is 5.26 Å². The molecule has 180 valence electrons. The third-order valence-electron chi connectivity index (χ3n) is 6.56. The zero-order chi connectivity index (χ0) is 24.9. The molecule has 12 heteroatoms. The molecule has 1 aromatic heterocycles. The Labute approximate surface area is 193 Å². The minimum atomic E-state index is -5.15. The van der Waals surface area contributed by atoms with E-state index < -0.39 is 47.4 Å². The fraction of sp³-hybridized carbons (Fsp3) is 0.667. The standard InChI is InChI=1S/C21H26F3N5O3S/c1-19(2,3)15(28-18(32)21(22,23)24)17(31)29-8-10-13(20(10,4)5)14(29)16(30)27-11(6-25)12-7-26-9-33-12/h7,9-11,13-15H,8H2,1-5H3,(H,27,30)(H,28,32)/t10-,11?,13-,14-,15+/m0/s1. The third kappa shape index (κ3) is 4.69. The molecule has 2 aliphatic rings. The molecule has 3 amide bonds. The first-order valence-corrected chi connectivity index (χ1v) is 11.2. The second-order valence-corrected chi connectivity index (χ2v) is 11.1. The maximum Gasteiger partial charge on any atom is 0.471 e. The molecule has 1 aromatic rings. The summed E-state index contributed by atoms with van der Waals surface area (Å²) in [6.07, 6.45) is -3.69. The SMILES string of the molecule is CC(C)(C)[C@H](NC(=O)C(F)(F)F)C(=O)N1C[C@H]2[C@@H]([C@H]1C(=O)NC(C#N)c1cncs1)C2(C)C. The van der Waals surface area contributed by atoms with Gasteiger partial charge in [0.05, 0.1) is 16.5 Å². The Bertz CT molecular complexity index is 981. The Morgan fingerprint density at radius 3 is 2.39 bits per heavy atom. The number of nitrogens with one attached hydrogen (secondary N) is 2. The Hall–Kier alpha value is -2.68. The Balaban J connectivity index is 1.87. The molecule has 2 N–H and O–H groups in total. The van der Waals surface area contributed by atoms with Crippen LogP contribution < -0.4 is 10.6 Å². The van der Waals surface area contributed by atoms with Crippen LogP contribution in [-0.2, 0) is 14.4 Å². The lowest BCUT2D eigenvalue weighted by Gasteiger charge is -2.37. The van der Waals surface area contributed by atoms with Gasteiger partial charge in [0.15, 0.2) is 6.04 Å². The summed E-state index contributed by atoms with van der Waals surface area (Å²) in [6.45, 7) is 8.72. The predicted octanol–water partition coefficient (Wildman–Crippen LogP) is 2.40. The first kappa shape index (κ1) is 25.0. The number of amides is 3. The van der Waals surface area contributed by atoms with Gasteiger partial charge in [-0.3, -0.25) is 19.4 Å². The number of hydrogen-bond donors (Lipinski definition) is 2. The second kappa shape index (κ2) is 8.27. The fourth-order valence-corrected chi connectivity index (χ4v) is 5.22. The highest BCUT2D eigenvalue weighted by atomic mass is 32.1. The van der Waals surface area contributed by atoms with E-state index in [-0.39, 0.29) is 23.8 Å². The quantitative estimate of drug-likeness (QED) is 0.665. The minimum Gasteiger partial charge on any atom is -0.336 e. The van der Waals surface area contributed by atoms with E-state index in [1.807, 2.05) is 25.2 Å². The van der Waals surface area contributed by atoms with Crippen LogP contribution in [0.25, 0.3) is 0 Å². The zero-order valence-corrected chi connectivity index (χ0v) is 19.7. The van der Waals surface area contributed by atoms with Crippen LogP contribution in [-0.4, -0.2) is 52.4 Å². The lowest BCUT2D eigenvalue weighted by molar-refractivity contribution is -0.176. The molecule has 0 spiro atoms. The van der Waals surface area contributed by atoms with Gasteiger partial charge >= 0.3 is 12.1 Å².